The van der Waals surface area contributed by atoms with Crippen LogP contribution in [0.15, 0.2) is 35.9 Å². The lowest BCUT2D eigenvalue weighted by Crippen LogP contribution is -1.97. The third-order valence-electron chi connectivity index (χ3n) is 3.75. The van der Waals surface area contributed by atoms with Gasteiger partial charge in [-0.2, -0.15) is 0 Å². The standard InChI is InChI=1S/C18H14Cl2O3/c1-22-16-7-11-6-12(18(21)15(11)9-17(16)23-2)3-10-4-13(19)8-14(20)5-10/h3-5,7-9H,6H2,1-2H3/b12-3+. The lowest BCUT2D eigenvalue weighted by atomic mass is 10.1. The summed E-state index contributed by atoms with van der Waals surface area (Å²) in [5.74, 6) is 1.15. The zero-order chi connectivity index (χ0) is 16.6. The highest BCUT2D eigenvalue weighted by atomic mass is 35.5. The van der Waals surface area contributed by atoms with Gasteiger partial charge in [0.25, 0.3) is 0 Å². The Kier molecular flexibility index (Phi) is 4.33. The number of Topliss-reactive ketones (excluding diaryl/α,β-unsaturated/α-hetero) is 1. The molecule has 2 aromatic rings. The van der Waals surface area contributed by atoms with Crippen LogP contribution in [0.2, 0.25) is 10.0 Å². The van der Waals surface area contributed by atoms with E-state index < -0.39 is 0 Å². The fourth-order valence-corrected chi connectivity index (χ4v) is 3.26. The molecule has 118 valence electrons. The molecule has 0 radical (unpaired) electrons. The van der Waals surface area contributed by atoms with Crippen molar-refractivity contribution in [1.82, 2.24) is 0 Å². The predicted octanol–water partition coefficient (Wildman–Crippen LogP) is 4.83. The van der Waals surface area contributed by atoms with Crippen LogP contribution in [0.5, 0.6) is 11.5 Å². The average Bonchev–Trinajstić information content (AvgIpc) is 2.80. The van der Waals surface area contributed by atoms with E-state index >= 15 is 0 Å². The quantitative estimate of drug-likeness (QED) is 0.745. The van der Waals surface area contributed by atoms with Gasteiger partial charge in [0.2, 0.25) is 0 Å². The lowest BCUT2D eigenvalue weighted by molar-refractivity contribution is 0.104. The van der Waals surface area contributed by atoms with Gasteiger partial charge in [-0.3, -0.25) is 4.79 Å². The Hall–Kier alpha value is -1.97. The van der Waals surface area contributed by atoms with Gasteiger partial charge >= 0.3 is 0 Å². The van der Waals surface area contributed by atoms with Crippen molar-refractivity contribution < 1.29 is 14.3 Å². The van der Waals surface area contributed by atoms with Crippen LogP contribution in [-0.4, -0.2) is 20.0 Å². The Labute approximate surface area is 144 Å². The fraction of sp³-hybridized carbons (Fsp3) is 0.167. The Bertz CT molecular complexity index is 805. The minimum atomic E-state index is -0.0166. The average molecular weight is 349 g/mol. The van der Waals surface area contributed by atoms with Crippen molar-refractivity contribution in [2.24, 2.45) is 0 Å². The molecule has 0 amide bonds. The van der Waals surface area contributed by atoms with Crippen molar-refractivity contribution in [3.8, 4) is 11.5 Å². The Balaban J connectivity index is 2.01. The summed E-state index contributed by atoms with van der Waals surface area (Å²) < 4.78 is 10.6. The van der Waals surface area contributed by atoms with Gasteiger partial charge in [0.1, 0.15) is 0 Å². The molecule has 3 nitrogen and oxygen atoms in total. The number of methoxy groups -OCH3 is 2. The van der Waals surface area contributed by atoms with Crippen LogP contribution in [0.1, 0.15) is 21.5 Å². The second-order valence-corrected chi connectivity index (χ2v) is 6.12. The molecule has 0 saturated carbocycles. The van der Waals surface area contributed by atoms with E-state index in [1.54, 1.807) is 38.5 Å². The maximum Gasteiger partial charge on any atom is 0.189 e. The second kappa shape index (κ2) is 6.26. The van der Waals surface area contributed by atoms with Crippen molar-refractivity contribution >= 4 is 35.1 Å². The largest absolute Gasteiger partial charge is 0.493 e. The van der Waals surface area contributed by atoms with Crippen LogP contribution >= 0.6 is 23.2 Å². The van der Waals surface area contributed by atoms with Crippen LogP contribution in [0, 0.1) is 0 Å². The minimum Gasteiger partial charge on any atom is -0.493 e. The highest BCUT2D eigenvalue weighted by Gasteiger charge is 2.27. The van der Waals surface area contributed by atoms with Crippen molar-refractivity contribution in [2.45, 2.75) is 6.42 Å². The second-order valence-electron chi connectivity index (χ2n) is 5.24. The normalized spacial score (nSPS) is 15.0. The number of carbonyl (C=O) groups is 1. The van der Waals surface area contributed by atoms with Crippen molar-refractivity contribution in [3.05, 3.63) is 62.6 Å². The number of ether oxygens (including phenoxy) is 2. The van der Waals surface area contributed by atoms with E-state index in [1.807, 2.05) is 12.1 Å². The molecule has 0 atom stereocenters. The van der Waals surface area contributed by atoms with E-state index in [0.717, 1.165) is 11.1 Å². The van der Waals surface area contributed by atoms with E-state index in [2.05, 4.69) is 0 Å². The Morgan fingerprint density at radius 3 is 2.17 bits per heavy atom. The van der Waals surface area contributed by atoms with Gasteiger partial charge in [-0.1, -0.05) is 23.2 Å². The summed E-state index contributed by atoms with van der Waals surface area (Å²) in [6, 6.07) is 8.78. The highest BCUT2D eigenvalue weighted by Crippen LogP contribution is 2.37. The highest BCUT2D eigenvalue weighted by molar-refractivity contribution is 6.34. The molecule has 2 aromatic carbocycles. The van der Waals surface area contributed by atoms with Gasteiger partial charge in [-0.15, -0.1) is 0 Å². The number of fused-ring (bicyclic) bond motifs is 1. The van der Waals surface area contributed by atoms with Gasteiger partial charge in [0.05, 0.1) is 14.2 Å². The summed E-state index contributed by atoms with van der Waals surface area (Å²) in [7, 11) is 3.13. The molecular weight excluding hydrogens is 335 g/mol. The first-order chi connectivity index (χ1) is 11.0. The molecular formula is C18H14Cl2O3. The van der Waals surface area contributed by atoms with Crippen molar-refractivity contribution in [1.29, 1.82) is 0 Å². The third-order valence-corrected chi connectivity index (χ3v) is 4.19. The van der Waals surface area contributed by atoms with E-state index in [4.69, 9.17) is 32.7 Å². The van der Waals surface area contributed by atoms with Gasteiger partial charge in [-0.25, -0.2) is 0 Å². The summed E-state index contributed by atoms with van der Waals surface area (Å²) in [5.41, 5.74) is 3.06. The van der Waals surface area contributed by atoms with Crippen LogP contribution < -0.4 is 9.47 Å². The molecule has 0 aliphatic heterocycles. The summed E-state index contributed by atoms with van der Waals surface area (Å²) in [5, 5.41) is 1.08. The lowest BCUT2D eigenvalue weighted by Gasteiger charge is -2.08. The molecule has 5 heteroatoms. The summed E-state index contributed by atoms with van der Waals surface area (Å²) in [6.45, 7) is 0. The third kappa shape index (κ3) is 3.07. The van der Waals surface area contributed by atoms with Gasteiger partial charge in [0.15, 0.2) is 17.3 Å². The van der Waals surface area contributed by atoms with Crippen molar-refractivity contribution in [2.75, 3.05) is 14.2 Å². The first-order valence-electron chi connectivity index (χ1n) is 6.98. The first kappa shape index (κ1) is 15.9. The predicted molar refractivity (Wildman–Crippen MR) is 92.0 cm³/mol. The number of hydrogen-bond donors (Lipinski definition) is 0. The number of allylic oxidation sites excluding steroid dienone is 1. The van der Waals surface area contributed by atoms with Crippen molar-refractivity contribution in [3.63, 3.8) is 0 Å². The van der Waals surface area contributed by atoms with Crippen LogP contribution in [0.4, 0.5) is 0 Å². The van der Waals surface area contributed by atoms with Crippen LogP contribution in [0.3, 0.4) is 0 Å². The van der Waals surface area contributed by atoms with Gasteiger partial charge in [-0.05, 0) is 47.5 Å². The zero-order valence-electron chi connectivity index (χ0n) is 12.7. The maximum atomic E-state index is 12.6. The Morgan fingerprint density at radius 1 is 0.957 bits per heavy atom. The molecule has 0 N–H and O–H groups in total. The van der Waals surface area contributed by atoms with E-state index in [-0.39, 0.29) is 5.78 Å². The fourth-order valence-electron chi connectivity index (χ4n) is 2.71. The van der Waals surface area contributed by atoms with Crippen LogP contribution in [0.25, 0.3) is 6.08 Å². The van der Waals surface area contributed by atoms with Gasteiger partial charge < -0.3 is 9.47 Å². The topological polar surface area (TPSA) is 35.5 Å². The summed E-state index contributed by atoms with van der Waals surface area (Å²) >= 11 is 12.0. The molecule has 3 rings (SSSR count). The number of ketones is 1. The molecule has 0 saturated heterocycles. The minimum absolute atomic E-state index is 0.0166. The van der Waals surface area contributed by atoms with Gasteiger partial charge in [0, 0.05) is 27.6 Å². The SMILES string of the molecule is COc1cc2c(cc1OC)C(=O)/C(=C/c1cc(Cl)cc(Cl)c1)C2. The van der Waals surface area contributed by atoms with E-state index in [9.17, 15) is 4.79 Å². The number of hydrogen-bond acceptors (Lipinski definition) is 3. The number of carbonyl (C=O) groups excluding carboxylic acids is 1. The molecule has 0 fully saturated rings. The van der Waals surface area contributed by atoms with E-state index in [1.165, 1.54) is 0 Å². The maximum absolute atomic E-state index is 12.6. The molecule has 0 bridgehead atoms. The molecule has 0 spiro atoms. The number of rotatable bonds is 3. The number of halogens is 2. The summed E-state index contributed by atoms with van der Waals surface area (Å²) in [4.78, 5) is 12.6. The molecule has 0 unspecified atom stereocenters. The molecule has 0 heterocycles. The Morgan fingerprint density at radius 2 is 1.57 bits per heavy atom. The molecule has 1 aliphatic carbocycles. The zero-order valence-corrected chi connectivity index (χ0v) is 14.2. The monoisotopic (exact) mass is 348 g/mol. The molecule has 1 aliphatic rings. The summed E-state index contributed by atoms with van der Waals surface area (Å²) in [6.07, 6.45) is 2.36. The first-order valence-corrected chi connectivity index (χ1v) is 7.73. The van der Waals surface area contributed by atoms with Crippen LogP contribution in [-0.2, 0) is 6.42 Å². The van der Waals surface area contributed by atoms with E-state index in [0.29, 0.717) is 39.1 Å². The number of benzene rings is 2. The molecule has 0 aromatic heterocycles. The molecule has 23 heavy (non-hydrogen) atoms. The smallest absolute Gasteiger partial charge is 0.189 e.